The highest BCUT2D eigenvalue weighted by Gasteiger charge is 2.40. The van der Waals surface area contributed by atoms with Crippen LogP contribution < -0.4 is 5.56 Å². The van der Waals surface area contributed by atoms with E-state index in [1.165, 1.54) is 29.8 Å². The SMILES string of the molecule is Cc1ccc(-c2c(C(=O)N(C)CC[C@]3(c4cc(C(F)(F)F)cc(C(F)(F)F)c4)C=CC=CC3)n(C)c(=O)c3ncccc23)cc1. The number of fused-ring (bicyclic) bond motifs is 1. The maximum absolute atomic E-state index is 14.1. The average molecular weight is 626 g/mol. The van der Waals surface area contributed by atoms with Gasteiger partial charge >= 0.3 is 12.4 Å². The molecule has 2 aromatic heterocycles. The van der Waals surface area contributed by atoms with Crippen LogP contribution in [0.5, 0.6) is 0 Å². The minimum Gasteiger partial charge on any atom is -0.340 e. The van der Waals surface area contributed by atoms with E-state index in [1.807, 2.05) is 31.2 Å². The lowest BCUT2D eigenvalue weighted by Crippen LogP contribution is -2.37. The van der Waals surface area contributed by atoms with Gasteiger partial charge in [-0.25, -0.2) is 0 Å². The molecule has 0 bridgehead atoms. The molecule has 2 heterocycles. The molecule has 0 spiro atoms. The molecule has 45 heavy (non-hydrogen) atoms. The highest BCUT2D eigenvalue weighted by molar-refractivity contribution is 6.07. The Morgan fingerprint density at radius 2 is 1.62 bits per heavy atom. The van der Waals surface area contributed by atoms with Gasteiger partial charge in [0.2, 0.25) is 0 Å². The highest BCUT2D eigenvalue weighted by Crippen LogP contribution is 2.43. The zero-order valence-electron chi connectivity index (χ0n) is 24.6. The van der Waals surface area contributed by atoms with Crippen molar-refractivity contribution in [3.63, 3.8) is 0 Å². The minimum absolute atomic E-state index is 0.0115. The van der Waals surface area contributed by atoms with Gasteiger partial charge in [-0.3, -0.25) is 14.6 Å². The number of nitrogens with zero attached hydrogens (tertiary/aromatic N) is 3. The fourth-order valence-electron chi connectivity index (χ4n) is 5.70. The van der Waals surface area contributed by atoms with Gasteiger partial charge in [-0.2, -0.15) is 26.3 Å². The van der Waals surface area contributed by atoms with E-state index >= 15 is 0 Å². The molecule has 5 rings (SSSR count). The number of rotatable bonds is 6. The van der Waals surface area contributed by atoms with Gasteiger partial charge in [0.1, 0.15) is 11.2 Å². The molecule has 11 heteroatoms. The zero-order valence-corrected chi connectivity index (χ0v) is 24.6. The first-order valence-electron chi connectivity index (χ1n) is 14.1. The summed E-state index contributed by atoms with van der Waals surface area (Å²) in [4.78, 5) is 33.0. The molecular formula is C34H29F6N3O2. The number of amides is 1. The number of carbonyl (C=O) groups is 1. The van der Waals surface area contributed by atoms with Crippen molar-refractivity contribution < 1.29 is 31.1 Å². The molecule has 234 valence electrons. The summed E-state index contributed by atoms with van der Waals surface area (Å²) >= 11 is 0. The Balaban J connectivity index is 1.57. The number of benzene rings is 2. The molecule has 0 saturated carbocycles. The van der Waals surface area contributed by atoms with Crippen LogP contribution >= 0.6 is 0 Å². The summed E-state index contributed by atoms with van der Waals surface area (Å²) in [6.45, 7) is 1.87. The third kappa shape index (κ3) is 6.16. The van der Waals surface area contributed by atoms with Gasteiger partial charge in [-0.05, 0) is 55.2 Å². The number of alkyl halides is 6. The first-order valence-corrected chi connectivity index (χ1v) is 14.1. The molecule has 0 aliphatic heterocycles. The summed E-state index contributed by atoms with van der Waals surface area (Å²) < 4.78 is 83.6. The fraction of sp³-hybridized carbons (Fsp3) is 0.265. The van der Waals surface area contributed by atoms with Crippen LogP contribution in [-0.2, 0) is 24.8 Å². The van der Waals surface area contributed by atoms with Crippen molar-refractivity contribution in [1.29, 1.82) is 0 Å². The van der Waals surface area contributed by atoms with E-state index in [1.54, 1.807) is 36.4 Å². The molecule has 0 radical (unpaired) electrons. The van der Waals surface area contributed by atoms with Gasteiger partial charge in [0.25, 0.3) is 11.5 Å². The van der Waals surface area contributed by atoms with Crippen molar-refractivity contribution in [2.45, 2.75) is 37.5 Å². The molecule has 0 unspecified atom stereocenters. The Morgan fingerprint density at radius 1 is 0.978 bits per heavy atom. The predicted molar refractivity (Wildman–Crippen MR) is 160 cm³/mol. The Bertz CT molecular complexity index is 1860. The van der Waals surface area contributed by atoms with Crippen molar-refractivity contribution in [3.8, 4) is 11.1 Å². The predicted octanol–water partition coefficient (Wildman–Crippen LogP) is 7.86. The number of aromatic nitrogens is 2. The monoisotopic (exact) mass is 625 g/mol. The average Bonchev–Trinajstić information content (AvgIpc) is 3.01. The number of halogens is 6. The number of hydrogen-bond acceptors (Lipinski definition) is 3. The van der Waals surface area contributed by atoms with Gasteiger partial charge in [-0.1, -0.05) is 60.2 Å². The van der Waals surface area contributed by atoms with Crippen LogP contribution in [0.3, 0.4) is 0 Å². The van der Waals surface area contributed by atoms with Gasteiger partial charge in [0.15, 0.2) is 0 Å². The van der Waals surface area contributed by atoms with E-state index in [9.17, 15) is 35.9 Å². The van der Waals surface area contributed by atoms with Crippen LogP contribution in [0.15, 0.2) is 89.9 Å². The lowest BCUT2D eigenvalue weighted by molar-refractivity contribution is -0.143. The molecule has 5 nitrogen and oxygen atoms in total. The number of carbonyl (C=O) groups excluding carboxylic acids is 1. The Morgan fingerprint density at radius 3 is 2.20 bits per heavy atom. The number of aryl methyl sites for hydroxylation is 1. The maximum Gasteiger partial charge on any atom is 0.416 e. The second-order valence-corrected chi connectivity index (χ2v) is 11.3. The number of pyridine rings is 2. The molecule has 0 fully saturated rings. The normalized spacial score (nSPS) is 16.7. The molecule has 1 aliphatic rings. The standard InChI is InChI=1S/C34H29F6N3O2/c1-21-9-11-22(12-10-21)27-26-8-7-16-41-28(26)30(44)43(3)29(27)31(45)42(2)17-15-32(13-5-4-6-14-32)23-18-24(33(35,36)37)20-25(19-23)34(38,39)40/h4-13,16,18-20H,14-15,17H2,1-3H3/t32-/m0/s1. The van der Waals surface area contributed by atoms with Gasteiger partial charge in [0, 0.05) is 43.2 Å². The topological polar surface area (TPSA) is 55.2 Å². The highest BCUT2D eigenvalue weighted by atomic mass is 19.4. The molecule has 1 aliphatic carbocycles. The summed E-state index contributed by atoms with van der Waals surface area (Å²) in [6, 6.07) is 12.4. The Kier molecular flexibility index (Phi) is 8.24. The van der Waals surface area contributed by atoms with Crippen LogP contribution in [0.1, 0.15) is 45.6 Å². The minimum atomic E-state index is -5.00. The Hall–Kier alpha value is -4.67. The van der Waals surface area contributed by atoms with E-state index in [4.69, 9.17) is 0 Å². The van der Waals surface area contributed by atoms with Crippen LogP contribution in [-0.4, -0.2) is 34.0 Å². The van der Waals surface area contributed by atoms with Crippen molar-refractivity contribution >= 4 is 16.8 Å². The van der Waals surface area contributed by atoms with E-state index in [0.29, 0.717) is 16.5 Å². The number of allylic oxidation sites excluding steroid dienone is 4. The van der Waals surface area contributed by atoms with Crippen molar-refractivity contribution in [2.75, 3.05) is 13.6 Å². The largest absolute Gasteiger partial charge is 0.416 e. The third-order valence-corrected chi connectivity index (χ3v) is 8.25. The first kappa shape index (κ1) is 31.7. The van der Waals surface area contributed by atoms with Crippen molar-refractivity contribution in [1.82, 2.24) is 14.5 Å². The maximum atomic E-state index is 14.1. The lowest BCUT2D eigenvalue weighted by atomic mass is 9.72. The van der Waals surface area contributed by atoms with Crippen molar-refractivity contribution in [2.24, 2.45) is 7.05 Å². The molecule has 0 saturated heterocycles. The Labute approximate surface area is 255 Å². The van der Waals surface area contributed by atoms with Gasteiger partial charge < -0.3 is 9.47 Å². The van der Waals surface area contributed by atoms with Crippen LogP contribution in [0, 0.1) is 6.92 Å². The molecule has 1 amide bonds. The summed E-state index contributed by atoms with van der Waals surface area (Å²) in [7, 11) is 2.95. The smallest absolute Gasteiger partial charge is 0.340 e. The summed E-state index contributed by atoms with van der Waals surface area (Å²) in [5, 5.41) is 0.474. The van der Waals surface area contributed by atoms with Gasteiger partial charge in [0.05, 0.1) is 11.1 Å². The summed E-state index contributed by atoms with van der Waals surface area (Å²) in [6.07, 6.45) is -1.88. The van der Waals surface area contributed by atoms with Crippen LogP contribution in [0.2, 0.25) is 0 Å². The third-order valence-electron chi connectivity index (χ3n) is 8.25. The molecule has 0 N–H and O–H groups in total. The molecule has 1 atom stereocenters. The van der Waals surface area contributed by atoms with E-state index in [2.05, 4.69) is 4.98 Å². The molecular weight excluding hydrogens is 596 g/mol. The van der Waals surface area contributed by atoms with E-state index in [0.717, 1.165) is 17.7 Å². The number of hydrogen-bond donors (Lipinski definition) is 0. The second kappa shape index (κ2) is 11.7. The molecule has 2 aromatic carbocycles. The van der Waals surface area contributed by atoms with E-state index in [-0.39, 0.29) is 42.2 Å². The van der Waals surface area contributed by atoms with E-state index < -0.39 is 40.4 Å². The second-order valence-electron chi connectivity index (χ2n) is 11.3. The van der Waals surface area contributed by atoms with Gasteiger partial charge in [-0.15, -0.1) is 0 Å². The fourth-order valence-corrected chi connectivity index (χ4v) is 5.70. The van der Waals surface area contributed by atoms with Crippen molar-refractivity contribution in [3.05, 3.63) is 123 Å². The molecule has 4 aromatic rings. The zero-order chi connectivity index (χ0) is 32.7. The quantitative estimate of drug-likeness (QED) is 0.205. The van der Waals surface area contributed by atoms with Crippen LogP contribution in [0.4, 0.5) is 26.3 Å². The van der Waals surface area contributed by atoms with Crippen LogP contribution in [0.25, 0.3) is 22.0 Å². The summed E-state index contributed by atoms with van der Waals surface area (Å²) in [5.74, 6) is -0.540. The lowest BCUT2D eigenvalue weighted by Gasteiger charge is -2.35. The first-order chi connectivity index (χ1) is 21.1. The summed E-state index contributed by atoms with van der Waals surface area (Å²) in [5.41, 5.74) is -2.30.